The first-order chi connectivity index (χ1) is 12.0. The third kappa shape index (κ3) is 4.27. The molecular weight excluding hydrogens is 343 g/mol. The van der Waals surface area contributed by atoms with Crippen LogP contribution in [0.2, 0.25) is 0 Å². The van der Waals surface area contributed by atoms with Crippen molar-refractivity contribution in [1.29, 1.82) is 0 Å². The molecule has 0 bridgehead atoms. The SMILES string of the molecule is CC(C)c1cc(NC(=O)CSc2nccn2-c2cccc(F)c2)on1. The van der Waals surface area contributed by atoms with Gasteiger partial charge in [-0.15, -0.1) is 0 Å². The number of nitrogens with one attached hydrogen (secondary N) is 1. The number of carbonyl (C=O) groups is 1. The second kappa shape index (κ2) is 7.52. The number of imidazole rings is 1. The van der Waals surface area contributed by atoms with Gasteiger partial charge in [0.25, 0.3) is 0 Å². The van der Waals surface area contributed by atoms with E-state index in [2.05, 4.69) is 15.5 Å². The number of carbonyl (C=O) groups excluding carboxylic acids is 1. The number of benzene rings is 1. The van der Waals surface area contributed by atoms with E-state index in [0.29, 0.717) is 16.7 Å². The predicted octanol–water partition coefficient (Wildman–Crippen LogP) is 3.85. The summed E-state index contributed by atoms with van der Waals surface area (Å²) in [5, 5.41) is 7.15. The number of amides is 1. The monoisotopic (exact) mass is 360 g/mol. The minimum absolute atomic E-state index is 0.143. The van der Waals surface area contributed by atoms with Crippen molar-refractivity contribution in [1.82, 2.24) is 14.7 Å². The van der Waals surface area contributed by atoms with Crippen LogP contribution in [-0.4, -0.2) is 26.4 Å². The van der Waals surface area contributed by atoms with E-state index in [1.54, 1.807) is 35.2 Å². The normalized spacial score (nSPS) is 11.0. The van der Waals surface area contributed by atoms with E-state index in [-0.39, 0.29) is 23.4 Å². The molecule has 1 aromatic carbocycles. The van der Waals surface area contributed by atoms with E-state index in [9.17, 15) is 9.18 Å². The Kier molecular flexibility index (Phi) is 5.18. The lowest BCUT2D eigenvalue weighted by molar-refractivity contribution is -0.113. The highest BCUT2D eigenvalue weighted by Gasteiger charge is 2.13. The van der Waals surface area contributed by atoms with Gasteiger partial charge < -0.3 is 4.52 Å². The summed E-state index contributed by atoms with van der Waals surface area (Å²) in [7, 11) is 0. The van der Waals surface area contributed by atoms with Gasteiger partial charge in [0.1, 0.15) is 5.82 Å². The van der Waals surface area contributed by atoms with Crippen molar-refractivity contribution < 1.29 is 13.7 Å². The highest BCUT2D eigenvalue weighted by atomic mass is 32.2. The lowest BCUT2D eigenvalue weighted by atomic mass is 10.1. The van der Waals surface area contributed by atoms with Crippen molar-refractivity contribution in [3.8, 4) is 5.69 Å². The van der Waals surface area contributed by atoms with E-state index < -0.39 is 0 Å². The summed E-state index contributed by atoms with van der Waals surface area (Å²) in [6, 6.07) is 7.90. The number of halogens is 1. The van der Waals surface area contributed by atoms with Gasteiger partial charge in [0.05, 0.1) is 17.1 Å². The quantitative estimate of drug-likeness (QED) is 0.676. The molecule has 0 spiro atoms. The van der Waals surface area contributed by atoms with Gasteiger partial charge in [-0.05, 0) is 24.1 Å². The molecule has 0 atom stereocenters. The van der Waals surface area contributed by atoms with Gasteiger partial charge in [-0.1, -0.05) is 36.8 Å². The minimum atomic E-state index is -0.328. The van der Waals surface area contributed by atoms with E-state index in [0.717, 1.165) is 5.69 Å². The van der Waals surface area contributed by atoms with Crippen molar-refractivity contribution in [2.75, 3.05) is 11.1 Å². The zero-order valence-electron chi connectivity index (χ0n) is 13.8. The Labute approximate surface area is 148 Å². The molecule has 8 heteroatoms. The minimum Gasteiger partial charge on any atom is -0.338 e. The lowest BCUT2D eigenvalue weighted by Crippen LogP contribution is -2.14. The average Bonchev–Trinajstić information content (AvgIpc) is 3.22. The fourth-order valence-corrected chi connectivity index (χ4v) is 2.92. The number of aromatic nitrogens is 3. The molecule has 0 saturated carbocycles. The first kappa shape index (κ1) is 17.2. The molecule has 0 aliphatic rings. The highest BCUT2D eigenvalue weighted by molar-refractivity contribution is 7.99. The summed E-state index contributed by atoms with van der Waals surface area (Å²) in [5.41, 5.74) is 1.43. The van der Waals surface area contributed by atoms with Gasteiger partial charge in [0.2, 0.25) is 11.8 Å². The maximum atomic E-state index is 13.4. The summed E-state index contributed by atoms with van der Waals surface area (Å²) in [6.45, 7) is 3.98. The smallest absolute Gasteiger partial charge is 0.237 e. The van der Waals surface area contributed by atoms with Gasteiger partial charge in [0.15, 0.2) is 5.16 Å². The van der Waals surface area contributed by atoms with Crippen molar-refractivity contribution in [3.63, 3.8) is 0 Å². The van der Waals surface area contributed by atoms with Crippen molar-refractivity contribution >= 4 is 23.6 Å². The first-order valence-corrected chi connectivity index (χ1v) is 8.70. The molecule has 25 heavy (non-hydrogen) atoms. The molecule has 1 N–H and O–H groups in total. The third-order valence-corrected chi connectivity index (χ3v) is 4.37. The molecular formula is C17H17FN4O2S. The van der Waals surface area contributed by atoms with Crippen molar-refractivity contribution in [2.45, 2.75) is 24.9 Å². The zero-order chi connectivity index (χ0) is 17.8. The van der Waals surface area contributed by atoms with Crippen molar-refractivity contribution in [2.24, 2.45) is 0 Å². The summed E-state index contributed by atoms with van der Waals surface area (Å²) in [5.74, 6) is 0.131. The molecule has 0 fully saturated rings. The number of thioether (sulfide) groups is 1. The Bertz CT molecular complexity index is 875. The fourth-order valence-electron chi connectivity index (χ4n) is 2.14. The van der Waals surface area contributed by atoms with Crippen LogP contribution in [0.5, 0.6) is 0 Å². The molecule has 2 aromatic heterocycles. The van der Waals surface area contributed by atoms with Crippen LogP contribution in [0.1, 0.15) is 25.5 Å². The van der Waals surface area contributed by atoms with Crippen molar-refractivity contribution in [3.05, 3.63) is 54.2 Å². The third-order valence-electron chi connectivity index (χ3n) is 3.41. The van der Waals surface area contributed by atoms with E-state index in [1.807, 2.05) is 13.8 Å². The largest absolute Gasteiger partial charge is 0.338 e. The Balaban J connectivity index is 1.62. The predicted molar refractivity (Wildman–Crippen MR) is 93.5 cm³/mol. The molecule has 3 rings (SSSR count). The molecule has 1 amide bonds. The van der Waals surface area contributed by atoms with Crippen LogP contribution in [0.3, 0.4) is 0 Å². The van der Waals surface area contributed by atoms with Gasteiger partial charge in [-0.3, -0.25) is 14.7 Å². The maximum Gasteiger partial charge on any atom is 0.237 e. The van der Waals surface area contributed by atoms with Gasteiger partial charge in [-0.25, -0.2) is 9.37 Å². The Morgan fingerprint density at radius 1 is 1.40 bits per heavy atom. The topological polar surface area (TPSA) is 73.0 Å². The molecule has 6 nitrogen and oxygen atoms in total. The standard InChI is InChI=1S/C17H17FN4O2S/c1-11(2)14-9-16(24-21-14)20-15(23)10-25-17-19-6-7-22(17)13-5-3-4-12(18)8-13/h3-9,11H,10H2,1-2H3,(H,20,23). The van der Waals surface area contributed by atoms with Gasteiger partial charge >= 0.3 is 0 Å². The lowest BCUT2D eigenvalue weighted by Gasteiger charge is -2.07. The van der Waals surface area contributed by atoms with Gasteiger partial charge in [0, 0.05) is 18.5 Å². The molecule has 0 radical (unpaired) electrons. The maximum absolute atomic E-state index is 13.4. The number of anilines is 1. The fraction of sp³-hybridized carbons (Fsp3) is 0.235. The van der Waals surface area contributed by atoms with Crippen LogP contribution in [0.15, 0.2) is 52.4 Å². The molecule has 130 valence electrons. The highest BCUT2D eigenvalue weighted by Crippen LogP contribution is 2.22. The number of nitrogens with zero attached hydrogens (tertiary/aromatic N) is 3. The molecule has 0 saturated heterocycles. The number of rotatable bonds is 6. The number of hydrogen-bond acceptors (Lipinski definition) is 5. The van der Waals surface area contributed by atoms with Gasteiger partial charge in [-0.2, -0.15) is 0 Å². The molecule has 3 aromatic rings. The molecule has 0 aliphatic heterocycles. The van der Waals surface area contributed by atoms with E-state index in [4.69, 9.17) is 4.52 Å². The van der Waals surface area contributed by atoms with Crippen LogP contribution >= 0.6 is 11.8 Å². The van der Waals surface area contributed by atoms with Crippen LogP contribution in [-0.2, 0) is 4.79 Å². The van der Waals surface area contributed by atoms with E-state index >= 15 is 0 Å². The second-order valence-electron chi connectivity index (χ2n) is 5.67. The molecule has 0 aliphatic carbocycles. The molecule has 0 unspecified atom stereocenters. The molecule has 2 heterocycles. The Hall–Kier alpha value is -2.61. The summed E-state index contributed by atoms with van der Waals surface area (Å²) < 4.78 is 20.2. The zero-order valence-corrected chi connectivity index (χ0v) is 14.6. The van der Waals surface area contributed by atoms with Crippen LogP contribution < -0.4 is 5.32 Å². The first-order valence-electron chi connectivity index (χ1n) is 7.71. The van der Waals surface area contributed by atoms with Crippen LogP contribution in [0.4, 0.5) is 10.3 Å². The van der Waals surface area contributed by atoms with Crippen LogP contribution in [0, 0.1) is 5.82 Å². The summed E-state index contributed by atoms with van der Waals surface area (Å²) in [6.07, 6.45) is 3.33. The Morgan fingerprint density at radius 3 is 2.96 bits per heavy atom. The summed E-state index contributed by atoms with van der Waals surface area (Å²) in [4.78, 5) is 16.3. The van der Waals surface area contributed by atoms with E-state index in [1.165, 1.54) is 23.9 Å². The van der Waals surface area contributed by atoms with Crippen LogP contribution in [0.25, 0.3) is 5.69 Å². The number of hydrogen-bond donors (Lipinski definition) is 1. The second-order valence-corrected chi connectivity index (χ2v) is 6.61. The summed E-state index contributed by atoms with van der Waals surface area (Å²) >= 11 is 1.25. The average molecular weight is 360 g/mol. The Morgan fingerprint density at radius 2 is 2.24 bits per heavy atom.